The Morgan fingerprint density at radius 1 is 1.32 bits per heavy atom. The van der Waals surface area contributed by atoms with Crippen LogP contribution >= 0.6 is 0 Å². The topological polar surface area (TPSA) is 26.3 Å². The Hall–Kier alpha value is -1.59. The second-order valence-electron chi connectivity index (χ2n) is 5.76. The summed E-state index contributed by atoms with van der Waals surface area (Å²) < 4.78 is 56.5. The normalized spacial score (nSPS) is 17.5. The van der Waals surface area contributed by atoms with E-state index in [2.05, 4.69) is 0 Å². The van der Waals surface area contributed by atoms with Crippen molar-refractivity contribution in [3.8, 4) is 0 Å². The molecule has 1 saturated carbocycles. The molecule has 0 radical (unpaired) electrons. The second-order valence-corrected chi connectivity index (χ2v) is 5.76. The van der Waals surface area contributed by atoms with Gasteiger partial charge in [-0.3, -0.25) is 4.79 Å². The van der Waals surface area contributed by atoms with Crippen molar-refractivity contribution < 1.29 is 27.1 Å². The summed E-state index contributed by atoms with van der Waals surface area (Å²) in [5.74, 6) is -2.28. The molecule has 1 aromatic carbocycles. The summed E-state index contributed by atoms with van der Waals surface area (Å²) in [5, 5.41) is 0. The Kier molecular flexibility index (Phi) is 5.08. The van der Waals surface area contributed by atoms with E-state index in [0.29, 0.717) is 0 Å². The Balaban J connectivity index is 2.01. The van der Waals surface area contributed by atoms with Crippen molar-refractivity contribution in [1.82, 2.24) is 0 Å². The van der Waals surface area contributed by atoms with E-state index in [0.717, 1.165) is 37.8 Å². The maximum Gasteiger partial charge on any atom is 0.419 e. The third-order valence-electron chi connectivity index (χ3n) is 3.87. The predicted octanol–water partition coefficient (Wildman–Crippen LogP) is 4.51. The molecule has 0 amide bonds. The Morgan fingerprint density at radius 3 is 2.55 bits per heavy atom. The molecule has 0 bridgehead atoms. The summed E-state index contributed by atoms with van der Waals surface area (Å²) in [6.45, 7) is 1.61. The van der Waals surface area contributed by atoms with E-state index in [9.17, 15) is 22.4 Å². The zero-order valence-electron chi connectivity index (χ0n) is 12.3. The number of alkyl halides is 3. The SMILES string of the molecule is CC(Cc1ccc(F)c(C(F)(F)F)c1)C(=O)OC1CCCC1. The Morgan fingerprint density at radius 2 is 1.95 bits per heavy atom. The lowest BCUT2D eigenvalue weighted by atomic mass is 9.99. The smallest absolute Gasteiger partial charge is 0.419 e. The van der Waals surface area contributed by atoms with E-state index in [1.807, 2.05) is 0 Å². The van der Waals surface area contributed by atoms with Crippen LogP contribution in [-0.2, 0) is 22.1 Å². The maximum atomic E-state index is 13.2. The minimum absolute atomic E-state index is 0.0751. The molecule has 0 N–H and O–H groups in total. The van der Waals surface area contributed by atoms with Crippen LogP contribution in [0.25, 0.3) is 0 Å². The van der Waals surface area contributed by atoms with Crippen LogP contribution in [0.1, 0.15) is 43.7 Å². The van der Waals surface area contributed by atoms with Gasteiger partial charge in [0.25, 0.3) is 0 Å². The highest BCUT2D eigenvalue weighted by Gasteiger charge is 2.34. The molecule has 1 aliphatic carbocycles. The molecule has 1 aromatic rings. The van der Waals surface area contributed by atoms with Crippen LogP contribution in [0.15, 0.2) is 18.2 Å². The standard InChI is InChI=1S/C16H18F4O2/c1-10(15(21)22-12-4-2-3-5-12)8-11-6-7-14(17)13(9-11)16(18,19)20/h6-7,9-10,12H,2-5,8H2,1H3. The first-order valence-electron chi connectivity index (χ1n) is 7.33. The van der Waals surface area contributed by atoms with Crippen LogP contribution in [0.3, 0.4) is 0 Å². The van der Waals surface area contributed by atoms with Gasteiger partial charge in [0.15, 0.2) is 0 Å². The molecule has 0 heterocycles. The molecule has 2 nitrogen and oxygen atoms in total. The number of halogens is 4. The van der Waals surface area contributed by atoms with Gasteiger partial charge in [-0.15, -0.1) is 0 Å². The number of carbonyl (C=O) groups excluding carboxylic acids is 1. The largest absolute Gasteiger partial charge is 0.462 e. The fourth-order valence-electron chi connectivity index (χ4n) is 2.64. The average Bonchev–Trinajstić information content (AvgIpc) is 2.92. The van der Waals surface area contributed by atoms with E-state index in [1.165, 1.54) is 6.07 Å². The first kappa shape index (κ1) is 16.8. The molecule has 122 valence electrons. The highest BCUT2D eigenvalue weighted by atomic mass is 19.4. The van der Waals surface area contributed by atoms with Crippen molar-refractivity contribution >= 4 is 5.97 Å². The third kappa shape index (κ3) is 4.21. The molecule has 0 aliphatic heterocycles. The number of ether oxygens (including phenoxy) is 1. The Bertz CT molecular complexity index is 533. The minimum atomic E-state index is -4.74. The van der Waals surface area contributed by atoms with E-state index < -0.39 is 29.4 Å². The summed E-state index contributed by atoms with van der Waals surface area (Å²) in [7, 11) is 0. The number of rotatable bonds is 4. The lowest BCUT2D eigenvalue weighted by Crippen LogP contribution is -2.22. The summed E-state index contributed by atoms with van der Waals surface area (Å²) in [6.07, 6.45) is -0.990. The van der Waals surface area contributed by atoms with Gasteiger partial charge in [0, 0.05) is 0 Å². The highest BCUT2D eigenvalue weighted by Crippen LogP contribution is 2.32. The van der Waals surface area contributed by atoms with Crippen molar-refractivity contribution in [3.63, 3.8) is 0 Å². The van der Waals surface area contributed by atoms with Gasteiger partial charge in [-0.1, -0.05) is 13.0 Å². The fourth-order valence-corrected chi connectivity index (χ4v) is 2.64. The summed E-state index contributed by atoms with van der Waals surface area (Å²) in [4.78, 5) is 11.9. The first-order valence-corrected chi connectivity index (χ1v) is 7.33. The molecule has 22 heavy (non-hydrogen) atoms. The average molecular weight is 318 g/mol. The first-order chi connectivity index (χ1) is 10.3. The molecular weight excluding hydrogens is 300 g/mol. The van der Waals surface area contributed by atoms with Crippen LogP contribution < -0.4 is 0 Å². The second kappa shape index (κ2) is 6.67. The molecule has 0 aromatic heterocycles. The van der Waals surface area contributed by atoms with Crippen molar-refractivity contribution in [1.29, 1.82) is 0 Å². The van der Waals surface area contributed by atoms with Gasteiger partial charge in [-0.25, -0.2) is 4.39 Å². The number of hydrogen-bond acceptors (Lipinski definition) is 2. The van der Waals surface area contributed by atoms with Gasteiger partial charge in [0.05, 0.1) is 11.5 Å². The fraction of sp³-hybridized carbons (Fsp3) is 0.562. The lowest BCUT2D eigenvalue weighted by Gasteiger charge is -2.16. The molecule has 1 fully saturated rings. The zero-order valence-corrected chi connectivity index (χ0v) is 12.3. The van der Waals surface area contributed by atoms with Crippen LogP contribution in [0.4, 0.5) is 17.6 Å². The van der Waals surface area contributed by atoms with Crippen LogP contribution in [0, 0.1) is 11.7 Å². The Labute approximate surface area is 126 Å². The van der Waals surface area contributed by atoms with E-state index in [4.69, 9.17) is 4.74 Å². The van der Waals surface area contributed by atoms with E-state index in [1.54, 1.807) is 6.92 Å². The van der Waals surface area contributed by atoms with Crippen LogP contribution in [0.5, 0.6) is 0 Å². The third-order valence-corrected chi connectivity index (χ3v) is 3.87. The van der Waals surface area contributed by atoms with Gasteiger partial charge in [0.1, 0.15) is 11.9 Å². The molecule has 0 spiro atoms. The van der Waals surface area contributed by atoms with Gasteiger partial charge in [-0.05, 0) is 49.8 Å². The van der Waals surface area contributed by atoms with Gasteiger partial charge in [-0.2, -0.15) is 13.2 Å². The maximum absolute atomic E-state index is 13.2. The number of esters is 1. The number of hydrogen-bond donors (Lipinski definition) is 0. The van der Waals surface area contributed by atoms with Gasteiger partial charge in [0.2, 0.25) is 0 Å². The quantitative estimate of drug-likeness (QED) is 0.603. The van der Waals surface area contributed by atoms with E-state index in [-0.39, 0.29) is 18.1 Å². The molecule has 1 atom stereocenters. The minimum Gasteiger partial charge on any atom is -0.462 e. The van der Waals surface area contributed by atoms with Crippen LogP contribution in [0.2, 0.25) is 0 Å². The molecule has 1 unspecified atom stereocenters. The van der Waals surface area contributed by atoms with E-state index >= 15 is 0 Å². The van der Waals surface area contributed by atoms with Gasteiger partial charge >= 0.3 is 12.1 Å². The molecular formula is C16H18F4O2. The lowest BCUT2D eigenvalue weighted by molar-refractivity contribution is -0.153. The number of benzene rings is 1. The monoisotopic (exact) mass is 318 g/mol. The molecule has 0 saturated heterocycles. The number of carbonyl (C=O) groups is 1. The van der Waals surface area contributed by atoms with Crippen molar-refractivity contribution in [2.24, 2.45) is 5.92 Å². The molecule has 1 aliphatic rings. The van der Waals surface area contributed by atoms with Crippen molar-refractivity contribution in [3.05, 3.63) is 35.1 Å². The van der Waals surface area contributed by atoms with Crippen molar-refractivity contribution in [2.45, 2.75) is 51.3 Å². The summed E-state index contributed by atoms with van der Waals surface area (Å²) in [5.41, 5.74) is -1.04. The molecule has 2 rings (SSSR count). The highest BCUT2D eigenvalue weighted by molar-refractivity contribution is 5.72. The summed E-state index contributed by atoms with van der Waals surface area (Å²) in [6, 6.07) is 2.81. The van der Waals surface area contributed by atoms with Crippen LogP contribution in [-0.4, -0.2) is 12.1 Å². The molecule has 6 heteroatoms. The van der Waals surface area contributed by atoms with Crippen molar-refractivity contribution in [2.75, 3.05) is 0 Å². The van der Waals surface area contributed by atoms with Gasteiger partial charge < -0.3 is 4.74 Å². The zero-order chi connectivity index (χ0) is 16.3. The predicted molar refractivity (Wildman–Crippen MR) is 72.6 cm³/mol. The summed E-state index contributed by atoms with van der Waals surface area (Å²) >= 11 is 0.